The molecule has 1 aromatic heterocycles. The summed E-state index contributed by atoms with van der Waals surface area (Å²) in [6.45, 7) is 1.01. The van der Waals surface area contributed by atoms with Crippen molar-refractivity contribution in [3.8, 4) is 11.4 Å². The van der Waals surface area contributed by atoms with E-state index < -0.39 is 0 Å². The third kappa shape index (κ3) is 3.45. The van der Waals surface area contributed by atoms with Crippen LogP contribution in [0.4, 0.5) is 0 Å². The highest BCUT2D eigenvalue weighted by Gasteiger charge is 2.34. The zero-order chi connectivity index (χ0) is 18.1. The summed E-state index contributed by atoms with van der Waals surface area (Å²) in [5, 5.41) is 5.29. The third-order valence-corrected chi connectivity index (χ3v) is 5.01. The van der Waals surface area contributed by atoms with Gasteiger partial charge in [-0.1, -0.05) is 58.7 Å². The van der Waals surface area contributed by atoms with E-state index in [4.69, 9.17) is 27.7 Å². The van der Waals surface area contributed by atoms with Crippen LogP contribution in [0.5, 0.6) is 0 Å². The van der Waals surface area contributed by atoms with E-state index in [1.54, 1.807) is 17.0 Å². The number of benzene rings is 2. The Hall–Kier alpha value is -2.37. The Morgan fingerprint density at radius 1 is 1.15 bits per heavy atom. The molecule has 0 N–H and O–H groups in total. The van der Waals surface area contributed by atoms with E-state index in [1.165, 1.54) is 0 Å². The molecule has 4 rings (SSSR count). The predicted octanol–water partition coefficient (Wildman–Crippen LogP) is 4.56. The highest BCUT2D eigenvalue weighted by Crippen LogP contribution is 2.31. The average molecular weight is 388 g/mol. The van der Waals surface area contributed by atoms with Gasteiger partial charge in [0.05, 0.1) is 5.92 Å². The van der Waals surface area contributed by atoms with Crippen LogP contribution in [-0.4, -0.2) is 27.5 Å². The number of nitrogens with zero attached hydrogens (tertiary/aromatic N) is 3. The molecule has 1 amide bonds. The lowest BCUT2D eigenvalue weighted by molar-refractivity contribution is -0.128. The van der Waals surface area contributed by atoms with Crippen LogP contribution in [0, 0.1) is 0 Å². The lowest BCUT2D eigenvalue weighted by Crippen LogP contribution is -2.24. The first kappa shape index (κ1) is 17.1. The van der Waals surface area contributed by atoms with Gasteiger partial charge in [-0.25, -0.2) is 0 Å². The molecule has 0 radical (unpaired) electrons. The van der Waals surface area contributed by atoms with Crippen molar-refractivity contribution < 1.29 is 9.32 Å². The van der Waals surface area contributed by atoms with E-state index in [2.05, 4.69) is 10.1 Å². The third-order valence-electron chi connectivity index (χ3n) is 4.41. The molecule has 0 saturated carbocycles. The normalized spacial score (nSPS) is 17.1. The molecule has 132 valence electrons. The van der Waals surface area contributed by atoms with Crippen molar-refractivity contribution in [1.29, 1.82) is 0 Å². The molecule has 1 fully saturated rings. The van der Waals surface area contributed by atoms with E-state index in [0.29, 0.717) is 41.3 Å². The van der Waals surface area contributed by atoms with Crippen molar-refractivity contribution in [2.45, 2.75) is 18.9 Å². The van der Waals surface area contributed by atoms with Crippen LogP contribution in [0.25, 0.3) is 11.4 Å². The van der Waals surface area contributed by atoms with Gasteiger partial charge in [0.2, 0.25) is 17.6 Å². The Balaban J connectivity index is 1.50. The maximum atomic E-state index is 12.4. The quantitative estimate of drug-likeness (QED) is 0.658. The highest BCUT2D eigenvalue weighted by molar-refractivity contribution is 6.31. The predicted molar refractivity (Wildman–Crippen MR) is 99.0 cm³/mol. The zero-order valence-corrected chi connectivity index (χ0v) is 15.2. The fraction of sp³-hybridized carbons (Fsp3) is 0.211. The fourth-order valence-corrected chi connectivity index (χ4v) is 3.45. The molecule has 0 bridgehead atoms. The summed E-state index contributed by atoms with van der Waals surface area (Å²) < 4.78 is 5.40. The smallest absolute Gasteiger partial charge is 0.232 e. The molecule has 3 aromatic rings. The Bertz CT molecular complexity index is 957. The Labute approximate surface area is 160 Å². The van der Waals surface area contributed by atoms with Crippen LogP contribution < -0.4 is 0 Å². The molecular formula is C19H15Cl2N3O2. The van der Waals surface area contributed by atoms with Crippen LogP contribution in [-0.2, 0) is 11.3 Å². The van der Waals surface area contributed by atoms with Crippen LogP contribution >= 0.6 is 23.2 Å². The number of amides is 1. The summed E-state index contributed by atoms with van der Waals surface area (Å²) in [6, 6.07) is 14.8. The average Bonchev–Trinajstić information content (AvgIpc) is 3.24. The van der Waals surface area contributed by atoms with Gasteiger partial charge in [-0.15, -0.1) is 0 Å². The van der Waals surface area contributed by atoms with E-state index >= 15 is 0 Å². The SMILES string of the molecule is O=C1CC(c2nc(-c3cccc(Cl)c3)no2)CN1Cc1ccccc1Cl. The minimum absolute atomic E-state index is 0.0532. The van der Waals surface area contributed by atoms with Gasteiger partial charge in [-0.05, 0) is 23.8 Å². The van der Waals surface area contributed by atoms with Crippen molar-refractivity contribution >= 4 is 29.1 Å². The molecule has 0 aliphatic carbocycles. The molecule has 1 unspecified atom stereocenters. The summed E-state index contributed by atoms with van der Waals surface area (Å²) in [4.78, 5) is 18.6. The summed E-state index contributed by atoms with van der Waals surface area (Å²) in [5.74, 6) is 0.873. The first-order valence-corrected chi connectivity index (χ1v) is 8.96. The van der Waals surface area contributed by atoms with Crippen LogP contribution in [0.1, 0.15) is 23.8 Å². The molecule has 1 atom stereocenters. The summed E-state index contributed by atoms with van der Waals surface area (Å²) in [7, 11) is 0. The number of rotatable bonds is 4. The maximum Gasteiger partial charge on any atom is 0.232 e. The Morgan fingerprint density at radius 2 is 2.00 bits per heavy atom. The van der Waals surface area contributed by atoms with E-state index in [0.717, 1.165) is 11.1 Å². The van der Waals surface area contributed by atoms with Gasteiger partial charge < -0.3 is 9.42 Å². The second kappa shape index (κ2) is 7.09. The summed E-state index contributed by atoms with van der Waals surface area (Å²) in [6.07, 6.45) is 0.349. The lowest BCUT2D eigenvalue weighted by atomic mass is 10.1. The van der Waals surface area contributed by atoms with Gasteiger partial charge in [0.25, 0.3) is 0 Å². The van der Waals surface area contributed by atoms with Crippen LogP contribution in [0.3, 0.4) is 0 Å². The number of carbonyl (C=O) groups is 1. The first-order chi connectivity index (χ1) is 12.6. The molecule has 2 heterocycles. The van der Waals surface area contributed by atoms with E-state index in [9.17, 15) is 4.79 Å². The molecule has 0 spiro atoms. The Kier molecular flexibility index (Phi) is 4.66. The van der Waals surface area contributed by atoms with Gasteiger partial charge in [-0.2, -0.15) is 4.98 Å². The van der Waals surface area contributed by atoms with Crippen molar-refractivity contribution in [3.05, 3.63) is 70.0 Å². The van der Waals surface area contributed by atoms with Gasteiger partial charge in [0.1, 0.15) is 0 Å². The van der Waals surface area contributed by atoms with Gasteiger partial charge in [0.15, 0.2) is 0 Å². The van der Waals surface area contributed by atoms with Gasteiger partial charge >= 0.3 is 0 Å². The molecule has 1 aliphatic rings. The topological polar surface area (TPSA) is 59.2 Å². The highest BCUT2D eigenvalue weighted by atomic mass is 35.5. The molecule has 2 aromatic carbocycles. The fourth-order valence-electron chi connectivity index (χ4n) is 3.07. The number of aromatic nitrogens is 2. The second-order valence-corrected chi connectivity index (χ2v) is 7.08. The standard InChI is InChI=1S/C19H15Cl2N3O2/c20-15-6-3-5-12(8-15)18-22-19(26-23-18)14-9-17(25)24(11-14)10-13-4-1-2-7-16(13)21/h1-8,14H,9-11H2. The number of halogens is 2. The van der Waals surface area contributed by atoms with Gasteiger partial charge in [-0.3, -0.25) is 4.79 Å². The van der Waals surface area contributed by atoms with E-state index in [1.807, 2.05) is 36.4 Å². The number of carbonyl (C=O) groups excluding carboxylic acids is 1. The number of hydrogen-bond acceptors (Lipinski definition) is 4. The largest absolute Gasteiger partial charge is 0.339 e. The molecular weight excluding hydrogens is 373 g/mol. The van der Waals surface area contributed by atoms with Crippen molar-refractivity contribution in [3.63, 3.8) is 0 Å². The van der Waals surface area contributed by atoms with Gasteiger partial charge in [0, 0.05) is 35.1 Å². The maximum absolute atomic E-state index is 12.4. The van der Waals surface area contributed by atoms with Crippen LogP contribution in [0.2, 0.25) is 10.0 Å². The van der Waals surface area contributed by atoms with E-state index in [-0.39, 0.29) is 11.8 Å². The lowest BCUT2D eigenvalue weighted by Gasteiger charge is -2.16. The molecule has 1 saturated heterocycles. The molecule has 5 nitrogen and oxygen atoms in total. The minimum atomic E-state index is -0.120. The van der Waals surface area contributed by atoms with Crippen molar-refractivity contribution in [2.75, 3.05) is 6.54 Å². The van der Waals surface area contributed by atoms with Crippen molar-refractivity contribution in [2.24, 2.45) is 0 Å². The number of hydrogen-bond donors (Lipinski definition) is 0. The first-order valence-electron chi connectivity index (χ1n) is 8.21. The monoisotopic (exact) mass is 387 g/mol. The summed E-state index contributed by atoms with van der Waals surface area (Å²) in [5.41, 5.74) is 1.71. The number of likely N-dealkylation sites (tertiary alicyclic amines) is 1. The summed E-state index contributed by atoms with van der Waals surface area (Å²) >= 11 is 12.2. The second-order valence-electron chi connectivity index (χ2n) is 6.23. The molecule has 1 aliphatic heterocycles. The molecule has 26 heavy (non-hydrogen) atoms. The zero-order valence-electron chi connectivity index (χ0n) is 13.7. The van der Waals surface area contributed by atoms with Crippen molar-refractivity contribution in [1.82, 2.24) is 15.0 Å². The Morgan fingerprint density at radius 3 is 2.81 bits per heavy atom. The van der Waals surface area contributed by atoms with Crippen LogP contribution in [0.15, 0.2) is 53.1 Å². The minimum Gasteiger partial charge on any atom is -0.339 e. The molecule has 7 heteroatoms.